The van der Waals surface area contributed by atoms with E-state index in [2.05, 4.69) is 216 Å². The first-order valence-corrected chi connectivity index (χ1v) is 27.4. The molecule has 2 nitrogen and oxygen atoms in total. The number of nitrogens with zero attached hydrogens (tertiary/aromatic N) is 2. The fourth-order valence-electron chi connectivity index (χ4n) is 14.6. The summed E-state index contributed by atoms with van der Waals surface area (Å²) in [6, 6.07) is 61.2. The summed E-state index contributed by atoms with van der Waals surface area (Å²) in [6.45, 7) is 19.2. The van der Waals surface area contributed by atoms with Crippen LogP contribution >= 0.6 is 0 Å². The van der Waals surface area contributed by atoms with Crippen LogP contribution in [0.2, 0.25) is 0 Å². The molecule has 3 heteroatoms. The third-order valence-corrected chi connectivity index (χ3v) is 19.2. The van der Waals surface area contributed by atoms with Crippen LogP contribution in [-0.4, -0.2) is 15.8 Å². The molecule has 0 amide bonds. The third kappa shape index (κ3) is 5.17. The summed E-state index contributed by atoms with van der Waals surface area (Å²) in [6.07, 6.45) is 4.38. The summed E-state index contributed by atoms with van der Waals surface area (Å²) in [5, 5.41) is 8.13. The normalized spacial score (nSPS) is 15.9. The first-order valence-electron chi connectivity index (χ1n) is 27.4. The molecule has 0 saturated heterocycles. The van der Waals surface area contributed by atoms with E-state index in [9.17, 15) is 0 Å². The molecule has 0 fully saturated rings. The zero-order valence-corrected chi connectivity index (χ0v) is 43.0. The number of rotatable bonds is 9. The average Bonchev–Trinajstić information content (AvgIpc) is 4.05. The smallest absolute Gasteiger partial charge is 0.252 e. The van der Waals surface area contributed by atoms with Crippen molar-refractivity contribution in [1.29, 1.82) is 0 Å². The van der Waals surface area contributed by atoms with Crippen molar-refractivity contribution in [3.8, 4) is 33.6 Å². The minimum atomic E-state index is -0.574. The highest BCUT2D eigenvalue weighted by Crippen LogP contribution is 2.63. The molecular weight excluding hydrogens is 868 g/mol. The van der Waals surface area contributed by atoms with E-state index in [-0.39, 0.29) is 6.71 Å². The standard InChI is InChI=1S/C69H61BN2/c1-9-38(5)43-27-28-62-52(30-43)53-32-47(40(7)11-3)35-60-65(53)71(62)67-51(45-26-25-42-19-13-14-20-44(42)29-45)37-59-68-63(67)70(60)61-36-48(41(8)12-4)33-55-54-31-46(39(6)10-2)34-58(64(54)72(68)66(55)61)69(59)56-23-17-15-21-49(56)50-22-16-18-24-57(50)69/h13-41H,9-12H2,1-8H3. The van der Waals surface area contributed by atoms with Crippen molar-refractivity contribution < 1.29 is 0 Å². The zero-order chi connectivity index (χ0) is 48.6. The maximum atomic E-state index is 2.83. The van der Waals surface area contributed by atoms with Gasteiger partial charge in [0.15, 0.2) is 0 Å². The van der Waals surface area contributed by atoms with E-state index in [1.165, 1.54) is 149 Å². The Morgan fingerprint density at radius 1 is 0.403 bits per heavy atom. The maximum Gasteiger partial charge on any atom is 0.252 e. The quantitative estimate of drug-likeness (QED) is 0.128. The summed E-state index contributed by atoms with van der Waals surface area (Å²) in [7, 11) is 0. The molecule has 0 N–H and O–H groups in total. The molecule has 0 radical (unpaired) electrons. The number of benzene rings is 9. The second-order valence-corrected chi connectivity index (χ2v) is 22.6. The van der Waals surface area contributed by atoms with Gasteiger partial charge in [-0.15, -0.1) is 0 Å². The molecule has 1 aliphatic carbocycles. The predicted octanol–water partition coefficient (Wildman–Crippen LogP) is 16.6. The fourth-order valence-corrected chi connectivity index (χ4v) is 14.6. The lowest BCUT2D eigenvalue weighted by molar-refractivity contribution is 0.717. The van der Waals surface area contributed by atoms with Gasteiger partial charge in [-0.3, -0.25) is 0 Å². The van der Waals surface area contributed by atoms with E-state index in [0.717, 1.165) is 25.7 Å². The molecule has 72 heavy (non-hydrogen) atoms. The van der Waals surface area contributed by atoms with E-state index >= 15 is 0 Å². The Morgan fingerprint density at radius 3 is 1.57 bits per heavy atom. The molecule has 350 valence electrons. The lowest BCUT2D eigenvalue weighted by Gasteiger charge is -2.45. The van der Waals surface area contributed by atoms with Crippen LogP contribution in [0, 0.1) is 0 Å². The van der Waals surface area contributed by atoms with Crippen LogP contribution in [0.25, 0.3) is 88.0 Å². The van der Waals surface area contributed by atoms with Crippen molar-refractivity contribution in [3.63, 3.8) is 0 Å². The van der Waals surface area contributed by atoms with E-state index in [0.29, 0.717) is 23.7 Å². The average molecular weight is 929 g/mol. The van der Waals surface area contributed by atoms with Gasteiger partial charge >= 0.3 is 0 Å². The van der Waals surface area contributed by atoms with Gasteiger partial charge in [-0.2, -0.15) is 0 Å². The molecule has 15 rings (SSSR count). The third-order valence-electron chi connectivity index (χ3n) is 19.2. The van der Waals surface area contributed by atoms with E-state index in [1.807, 2.05) is 0 Å². The lowest BCUT2D eigenvalue weighted by Crippen LogP contribution is -2.61. The van der Waals surface area contributed by atoms with Crippen LogP contribution in [0.1, 0.15) is 149 Å². The molecule has 5 heterocycles. The second-order valence-electron chi connectivity index (χ2n) is 22.6. The molecule has 9 aromatic carbocycles. The van der Waals surface area contributed by atoms with Crippen molar-refractivity contribution in [2.75, 3.05) is 0 Å². The van der Waals surface area contributed by atoms with Crippen molar-refractivity contribution >= 4 is 77.5 Å². The Bertz CT molecular complexity index is 4150. The topological polar surface area (TPSA) is 9.86 Å². The van der Waals surface area contributed by atoms with Gasteiger partial charge in [0, 0.05) is 43.8 Å². The Morgan fingerprint density at radius 2 is 0.931 bits per heavy atom. The van der Waals surface area contributed by atoms with E-state index in [4.69, 9.17) is 0 Å². The fraction of sp³-hybridized carbons (Fsp3) is 0.246. The highest BCUT2D eigenvalue weighted by atomic mass is 15.1. The van der Waals surface area contributed by atoms with Crippen LogP contribution < -0.4 is 16.4 Å². The Labute approximate surface area is 424 Å². The molecular formula is C69H61BN2. The van der Waals surface area contributed by atoms with Gasteiger partial charge in [0.05, 0.1) is 22.1 Å². The van der Waals surface area contributed by atoms with Gasteiger partial charge in [-0.1, -0.05) is 165 Å². The summed E-state index contributed by atoms with van der Waals surface area (Å²) in [5.41, 5.74) is 28.7. The number of fused-ring (bicyclic) bond motifs is 15. The van der Waals surface area contributed by atoms with Crippen molar-refractivity contribution in [3.05, 3.63) is 196 Å². The summed E-state index contributed by atoms with van der Waals surface area (Å²) in [5.74, 6) is 1.69. The molecule has 3 aliphatic heterocycles. The van der Waals surface area contributed by atoms with Gasteiger partial charge in [0.2, 0.25) is 0 Å². The minimum Gasteiger partial charge on any atom is -0.310 e. The molecule has 0 bridgehead atoms. The zero-order valence-electron chi connectivity index (χ0n) is 43.0. The lowest BCUT2D eigenvalue weighted by atomic mass is 9.33. The minimum absolute atomic E-state index is 0.00866. The monoisotopic (exact) mass is 928 g/mol. The maximum absolute atomic E-state index is 2.83. The molecule has 2 aromatic heterocycles. The summed E-state index contributed by atoms with van der Waals surface area (Å²) >= 11 is 0. The predicted molar refractivity (Wildman–Crippen MR) is 308 cm³/mol. The molecule has 11 aromatic rings. The molecule has 4 unspecified atom stereocenters. The highest BCUT2D eigenvalue weighted by Gasteiger charge is 2.55. The SMILES string of the molecule is CCC(C)c1ccc2c(c1)c1cc(C(C)CC)cc3c1n2-c1c(-c2ccc4ccccc4c2)cc2c4c1B3c1cc(C(C)CC)cc3c5cc(C(C)CC)cc(c5n-4c13)C21c2ccccc2-c2ccccc21. The van der Waals surface area contributed by atoms with Crippen LogP contribution in [0.4, 0.5) is 0 Å². The molecule has 4 aliphatic rings. The first kappa shape index (κ1) is 42.6. The number of hydrogen-bond acceptors (Lipinski definition) is 0. The van der Waals surface area contributed by atoms with E-state index < -0.39 is 5.41 Å². The summed E-state index contributed by atoms with van der Waals surface area (Å²) < 4.78 is 5.59. The van der Waals surface area contributed by atoms with Gasteiger partial charge < -0.3 is 9.13 Å². The van der Waals surface area contributed by atoms with Gasteiger partial charge in [0.25, 0.3) is 6.71 Å². The van der Waals surface area contributed by atoms with Crippen molar-refractivity contribution in [2.45, 2.75) is 110 Å². The summed E-state index contributed by atoms with van der Waals surface area (Å²) in [4.78, 5) is 0. The number of hydrogen-bond donors (Lipinski definition) is 0. The molecule has 4 atom stereocenters. The Kier molecular flexibility index (Phi) is 8.86. The number of aromatic nitrogens is 2. The molecule has 1 spiro atoms. The first-order chi connectivity index (χ1) is 35.2. The Hall–Kier alpha value is -7.10. The van der Waals surface area contributed by atoms with Crippen LogP contribution in [0.15, 0.2) is 152 Å². The van der Waals surface area contributed by atoms with Crippen molar-refractivity contribution in [2.24, 2.45) is 0 Å². The van der Waals surface area contributed by atoms with Crippen LogP contribution in [0.5, 0.6) is 0 Å². The van der Waals surface area contributed by atoms with Gasteiger partial charge in [0.1, 0.15) is 0 Å². The largest absolute Gasteiger partial charge is 0.310 e. The van der Waals surface area contributed by atoms with E-state index in [1.54, 1.807) is 0 Å². The second kappa shape index (κ2) is 15.0. The van der Waals surface area contributed by atoms with Crippen LogP contribution in [-0.2, 0) is 5.41 Å². The molecule has 0 saturated carbocycles. The van der Waals surface area contributed by atoms with Gasteiger partial charge in [-0.25, -0.2) is 0 Å². The van der Waals surface area contributed by atoms with Gasteiger partial charge in [-0.05, 0) is 180 Å². The van der Waals surface area contributed by atoms with Crippen molar-refractivity contribution in [1.82, 2.24) is 9.13 Å². The van der Waals surface area contributed by atoms with Crippen LogP contribution in [0.3, 0.4) is 0 Å². The highest BCUT2D eigenvalue weighted by molar-refractivity contribution is 7.00. The Balaban J connectivity index is 1.24.